The molecule has 0 radical (unpaired) electrons. The van der Waals surface area contributed by atoms with Gasteiger partial charge in [0.1, 0.15) is 6.61 Å². The van der Waals surface area contributed by atoms with E-state index in [1.807, 2.05) is 0 Å². The van der Waals surface area contributed by atoms with Crippen LogP contribution in [0.5, 0.6) is 0 Å². The van der Waals surface area contributed by atoms with E-state index in [1.165, 1.54) is 13.0 Å². The molecule has 0 aliphatic rings. The van der Waals surface area contributed by atoms with Gasteiger partial charge in [-0.05, 0) is 33.4 Å². The van der Waals surface area contributed by atoms with Crippen LogP contribution in [0.15, 0.2) is 0 Å². The monoisotopic (exact) mass is 211 g/mol. The Labute approximate surface area is 95.0 Å². The molecule has 0 aliphatic carbocycles. The lowest BCUT2D eigenvalue weighted by atomic mass is 10.2. The van der Waals surface area contributed by atoms with Crippen molar-refractivity contribution in [3.8, 4) is 11.8 Å². The molecule has 0 aromatic carbocycles. The van der Waals surface area contributed by atoms with Crippen molar-refractivity contribution in [2.24, 2.45) is 0 Å². The third-order valence-electron chi connectivity index (χ3n) is 2.26. The minimum Gasteiger partial charge on any atom is -0.366 e. The van der Waals surface area contributed by atoms with Gasteiger partial charge in [0.05, 0.1) is 6.10 Å². The fourth-order valence-corrected chi connectivity index (χ4v) is 1.34. The maximum Gasteiger partial charge on any atom is 0.108 e. The normalized spacial score (nSPS) is 12.3. The SMILES string of the molecule is CCC#CCOC(C)CCN(C)CCC. The van der Waals surface area contributed by atoms with E-state index < -0.39 is 0 Å². The van der Waals surface area contributed by atoms with Crippen LogP contribution in [0.1, 0.15) is 40.0 Å². The van der Waals surface area contributed by atoms with Crippen molar-refractivity contribution in [3.05, 3.63) is 0 Å². The van der Waals surface area contributed by atoms with Crippen LogP contribution in [-0.4, -0.2) is 37.7 Å². The summed E-state index contributed by atoms with van der Waals surface area (Å²) >= 11 is 0. The van der Waals surface area contributed by atoms with E-state index in [4.69, 9.17) is 4.74 Å². The first-order chi connectivity index (χ1) is 7.20. The lowest BCUT2D eigenvalue weighted by Gasteiger charge is -2.18. The first-order valence-electron chi connectivity index (χ1n) is 5.96. The van der Waals surface area contributed by atoms with E-state index >= 15 is 0 Å². The van der Waals surface area contributed by atoms with Crippen molar-refractivity contribution >= 4 is 0 Å². The largest absolute Gasteiger partial charge is 0.366 e. The van der Waals surface area contributed by atoms with Crippen molar-refractivity contribution in [3.63, 3.8) is 0 Å². The zero-order valence-electron chi connectivity index (χ0n) is 10.7. The quantitative estimate of drug-likeness (QED) is 0.600. The highest BCUT2D eigenvalue weighted by molar-refractivity contribution is 4.97. The van der Waals surface area contributed by atoms with E-state index in [2.05, 4.69) is 44.6 Å². The molecular weight excluding hydrogens is 186 g/mol. The maximum absolute atomic E-state index is 5.57. The predicted octanol–water partition coefficient (Wildman–Crippen LogP) is 2.54. The third-order valence-corrected chi connectivity index (χ3v) is 2.26. The molecule has 0 N–H and O–H groups in total. The van der Waals surface area contributed by atoms with Gasteiger partial charge >= 0.3 is 0 Å². The van der Waals surface area contributed by atoms with Crippen LogP contribution in [0.3, 0.4) is 0 Å². The Morgan fingerprint density at radius 1 is 1.20 bits per heavy atom. The first-order valence-corrected chi connectivity index (χ1v) is 5.96. The van der Waals surface area contributed by atoms with E-state index in [0.717, 1.165) is 19.4 Å². The van der Waals surface area contributed by atoms with Gasteiger partial charge in [0, 0.05) is 13.0 Å². The van der Waals surface area contributed by atoms with Crippen LogP contribution in [0.4, 0.5) is 0 Å². The zero-order valence-corrected chi connectivity index (χ0v) is 10.7. The standard InChI is InChI=1S/C13H25NO/c1-5-7-8-12-15-13(3)9-11-14(4)10-6-2/h13H,5-6,9-12H2,1-4H3. The highest BCUT2D eigenvalue weighted by Gasteiger charge is 2.03. The molecule has 2 heteroatoms. The van der Waals surface area contributed by atoms with Crippen LogP contribution in [0.2, 0.25) is 0 Å². The molecule has 2 nitrogen and oxygen atoms in total. The van der Waals surface area contributed by atoms with Crippen molar-refractivity contribution in [1.29, 1.82) is 0 Å². The number of rotatable bonds is 7. The molecule has 15 heavy (non-hydrogen) atoms. The minimum absolute atomic E-state index is 0.315. The zero-order chi connectivity index (χ0) is 11.5. The lowest BCUT2D eigenvalue weighted by molar-refractivity contribution is 0.0776. The Bertz CT molecular complexity index is 192. The molecule has 0 aromatic rings. The van der Waals surface area contributed by atoms with Crippen molar-refractivity contribution in [1.82, 2.24) is 4.90 Å². The summed E-state index contributed by atoms with van der Waals surface area (Å²) in [6.45, 7) is 9.23. The fourth-order valence-electron chi connectivity index (χ4n) is 1.34. The Morgan fingerprint density at radius 3 is 2.53 bits per heavy atom. The molecule has 0 saturated heterocycles. The van der Waals surface area contributed by atoms with Gasteiger partial charge in [-0.1, -0.05) is 19.8 Å². The molecule has 0 aliphatic heterocycles. The second kappa shape index (κ2) is 10.0. The van der Waals surface area contributed by atoms with Crippen molar-refractivity contribution in [2.45, 2.75) is 46.1 Å². The lowest BCUT2D eigenvalue weighted by Crippen LogP contribution is -2.24. The molecule has 0 fully saturated rings. The molecule has 1 unspecified atom stereocenters. The minimum atomic E-state index is 0.315. The average molecular weight is 211 g/mol. The third kappa shape index (κ3) is 9.78. The number of nitrogens with zero attached hydrogens (tertiary/aromatic N) is 1. The fraction of sp³-hybridized carbons (Fsp3) is 0.846. The van der Waals surface area contributed by atoms with Gasteiger partial charge in [-0.15, -0.1) is 5.92 Å². The Morgan fingerprint density at radius 2 is 1.93 bits per heavy atom. The number of ether oxygens (including phenoxy) is 1. The van der Waals surface area contributed by atoms with Gasteiger partial charge in [-0.3, -0.25) is 0 Å². The van der Waals surface area contributed by atoms with Gasteiger partial charge in [0.2, 0.25) is 0 Å². The van der Waals surface area contributed by atoms with Gasteiger partial charge in [0.25, 0.3) is 0 Å². The topological polar surface area (TPSA) is 12.5 Å². The molecule has 0 heterocycles. The summed E-state index contributed by atoms with van der Waals surface area (Å²) in [7, 11) is 2.16. The van der Waals surface area contributed by atoms with Crippen LogP contribution in [0, 0.1) is 11.8 Å². The van der Waals surface area contributed by atoms with E-state index in [1.54, 1.807) is 0 Å². The predicted molar refractivity (Wildman–Crippen MR) is 65.9 cm³/mol. The molecule has 88 valence electrons. The Kier molecular flexibility index (Phi) is 9.67. The summed E-state index contributed by atoms with van der Waals surface area (Å²) in [4.78, 5) is 2.34. The smallest absolute Gasteiger partial charge is 0.108 e. The second-order valence-electron chi connectivity index (χ2n) is 3.92. The summed E-state index contributed by atoms with van der Waals surface area (Å²) in [5, 5.41) is 0. The van der Waals surface area contributed by atoms with Crippen LogP contribution in [0.25, 0.3) is 0 Å². The van der Waals surface area contributed by atoms with Gasteiger partial charge < -0.3 is 9.64 Å². The number of hydrogen-bond donors (Lipinski definition) is 0. The van der Waals surface area contributed by atoms with Gasteiger partial charge in [0.15, 0.2) is 0 Å². The average Bonchev–Trinajstić information content (AvgIpc) is 2.22. The summed E-state index contributed by atoms with van der Waals surface area (Å²) in [6.07, 6.45) is 3.53. The van der Waals surface area contributed by atoms with Gasteiger partial charge in [-0.2, -0.15) is 0 Å². The molecule has 0 spiro atoms. The van der Waals surface area contributed by atoms with E-state index in [-0.39, 0.29) is 0 Å². The van der Waals surface area contributed by atoms with E-state index in [9.17, 15) is 0 Å². The van der Waals surface area contributed by atoms with Crippen molar-refractivity contribution in [2.75, 3.05) is 26.7 Å². The molecule has 0 aromatic heterocycles. The summed E-state index contributed by atoms with van der Waals surface area (Å²) < 4.78 is 5.57. The van der Waals surface area contributed by atoms with Crippen molar-refractivity contribution < 1.29 is 4.74 Å². The highest BCUT2D eigenvalue weighted by Crippen LogP contribution is 1.99. The molecule has 0 saturated carbocycles. The first kappa shape index (κ1) is 14.5. The van der Waals surface area contributed by atoms with Crippen LogP contribution >= 0.6 is 0 Å². The van der Waals surface area contributed by atoms with Crippen LogP contribution in [-0.2, 0) is 4.74 Å². The molecular formula is C13H25NO. The summed E-state index contributed by atoms with van der Waals surface area (Å²) in [6, 6.07) is 0. The maximum atomic E-state index is 5.57. The summed E-state index contributed by atoms with van der Waals surface area (Å²) in [5.74, 6) is 6.00. The Hall–Kier alpha value is -0.520. The summed E-state index contributed by atoms with van der Waals surface area (Å²) in [5.41, 5.74) is 0. The molecule has 0 bridgehead atoms. The Balaban J connectivity index is 3.44. The van der Waals surface area contributed by atoms with E-state index in [0.29, 0.717) is 12.7 Å². The van der Waals surface area contributed by atoms with Gasteiger partial charge in [-0.25, -0.2) is 0 Å². The number of hydrogen-bond acceptors (Lipinski definition) is 2. The highest BCUT2D eigenvalue weighted by atomic mass is 16.5. The molecule has 1 atom stereocenters. The molecule has 0 amide bonds. The van der Waals surface area contributed by atoms with Crippen LogP contribution < -0.4 is 0 Å². The molecule has 0 rings (SSSR count). The second-order valence-corrected chi connectivity index (χ2v) is 3.92.